The van der Waals surface area contributed by atoms with Crippen LogP contribution in [-0.4, -0.2) is 42.0 Å². The third-order valence-electron chi connectivity index (χ3n) is 4.40. The molecule has 4 atom stereocenters. The smallest absolute Gasteiger partial charge is 0.225 e. The molecule has 4 unspecified atom stereocenters. The van der Waals surface area contributed by atoms with E-state index in [1.54, 1.807) is 0 Å². The topological polar surface area (TPSA) is 29.5 Å². The molecule has 0 aromatic carbocycles. The van der Waals surface area contributed by atoms with E-state index < -0.39 is 0 Å². The molecule has 0 aromatic heterocycles. The minimum atomic E-state index is 0.0142. The zero-order valence-electron chi connectivity index (χ0n) is 10.3. The Morgan fingerprint density at radius 2 is 2.00 bits per heavy atom. The fourth-order valence-corrected chi connectivity index (χ4v) is 3.66. The Hall–Kier alpha value is -0.280. The number of alkyl halides is 1. The molecule has 1 saturated heterocycles. The molecular formula is C13H20ClNO2. The van der Waals surface area contributed by atoms with Crippen LogP contribution in [0.15, 0.2) is 0 Å². The van der Waals surface area contributed by atoms with Crippen LogP contribution in [0, 0.1) is 17.8 Å². The maximum absolute atomic E-state index is 12.4. The molecular weight excluding hydrogens is 238 g/mol. The van der Waals surface area contributed by atoms with E-state index in [0.29, 0.717) is 24.2 Å². The van der Waals surface area contributed by atoms with Crippen LogP contribution in [0.4, 0.5) is 0 Å². The van der Waals surface area contributed by atoms with Crippen LogP contribution in [0.25, 0.3) is 0 Å². The predicted molar refractivity (Wildman–Crippen MR) is 66.0 cm³/mol. The van der Waals surface area contributed by atoms with E-state index >= 15 is 0 Å². The summed E-state index contributed by atoms with van der Waals surface area (Å²) >= 11 is 5.84. The molecule has 0 bridgehead atoms. The van der Waals surface area contributed by atoms with Crippen molar-refractivity contribution in [2.75, 3.05) is 19.0 Å². The number of ether oxygens (including phenoxy) is 1. The second kappa shape index (κ2) is 4.43. The average Bonchev–Trinajstić information content (AvgIpc) is 2.94. The molecule has 1 aliphatic heterocycles. The summed E-state index contributed by atoms with van der Waals surface area (Å²) in [7, 11) is 0. The zero-order chi connectivity index (χ0) is 12.0. The monoisotopic (exact) mass is 257 g/mol. The van der Waals surface area contributed by atoms with E-state index in [0.717, 1.165) is 31.2 Å². The number of carbonyl (C=O) groups excluding carboxylic acids is 1. The Morgan fingerprint density at radius 1 is 1.29 bits per heavy atom. The van der Waals surface area contributed by atoms with Crippen LogP contribution in [0.5, 0.6) is 0 Å². The van der Waals surface area contributed by atoms with Crippen molar-refractivity contribution in [1.29, 1.82) is 0 Å². The first-order valence-electron chi connectivity index (χ1n) is 6.67. The first kappa shape index (κ1) is 11.8. The van der Waals surface area contributed by atoms with E-state index in [1.807, 2.05) is 11.8 Å². The highest BCUT2D eigenvalue weighted by atomic mass is 35.5. The van der Waals surface area contributed by atoms with E-state index in [9.17, 15) is 4.79 Å². The lowest BCUT2D eigenvalue weighted by molar-refractivity contribution is -0.147. The van der Waals surface area contributed by atoms with Gasteiger partial charge in [-0.15, -0.1) is 11.6 Å². The summed E-state index contributed by atoms with van der Waals surface area (Å²) in [5.74, 6) is 2.85. The molecule has 1 amide bonds. The predicted octanol–water partition coefficient (Wildman–Crippen LogP) is 1.89. The lowest BCUT2D eigenvalue weighted by Crippen LogP contribution is -2.51. The minimum absolute atomic E-state index is 0.0142. The Bertz CT molecular complexity index is 313. The molecule has 2 aliphatic carbocycles. The molecule has 1 heterocycles. The molecule has 0 spiro atoms. The van der Waals surface area contributed by atoms with Gasteiger partial charge in [0.25, 0.3) is 0 Å². The van der Waals surface area contributed by atoms with Gasteiger partial charge in [-0.3, -0.25) is 4.79 Å². The van der Waals surface area contributed by atoms with Gasteiger partial charge in [-0.25, -0.2) is 0 Å². The van der Waals surface area contributed by atoms with Crippen molar-refractivity contribution in [3.05, 3.63) is 0 Å². The standard InChI is InChI=1S/C13H20ClNO2/c1-8-6-15(7-12(5-14)17-8)13(16)11-3-9-2-10(9)4-11/h8-12H,2-7H2,1H3. The molecule has 17 heavy (non-hydrogen) atoms. The van der Waals surface area contributed by atoms with Gasteiger partial charge in [0.1, 0.15) is 0 Å². The van der Waals surface area contributed by atoms with E-state index in [1.165, 1.54) is 6.42 Å². The number of carbonyl (C=O) groups is 1. The normalized spacial score (nSPS) is 44.6. The highest BCUT2D eigenvalue weighted by molar-refractivity contribution is 6.18. The summed E-state index contributed by atoms with van der Waals surface area (Å²) in [6, 6.07) is 0. The lowest BCUT2D eigenvalue weighted by Gasteiger charge is -2.37. The molecule has 3 nitrogen and oxygen atoms in total. The second-order valence-electron chi connectivity index (χ2n) is 5.89. The van der Waals surface area contributed by atoms with Crippen LogP contribution in [0.3, 0.4) is 0 Å². The lowest BCUT2D eigenvalue weighted by atomic mass is 10.0. The zero-order valence-corrected chi connectivity index (χ0v) is 11.0. The highest BCUT2D eigenvalue weighted by Crippen LogP contribution is 2.54. The fourth-order valence-electron chi connectivity index (χ4n) is 3.49. The van der Waals surface area contributed by atoms with Crippen LogP contribution in [0.1, 0.15) is 26.2 Å². The summed E-state index contributed by atoms with van der Waals surface area (Å²) in [5, 5.41) is 0. The van der Waals surface area contributed by atoms with Crippen molar-refractivity contribution in [2.45, 2.75) is 38.4 Å². The van der Waals surface area contributed by atoms with Gasteiger partial charge >= 0.3 is 0 Å². The summed E-state index contributed by atoms with van der Waals surface area (Å²) in [6.07, 6.45) is 3.75. The number of nitrogens with zero attached hydrogens (tertiary/aromatic N) is 1. The maximum Gasteiger partial charge on any atom is 0.225 e. The second-order valence-corrected chi connectivity index (χ2v) is 6.20. The molecule has 4 heteroatoms. The molecule has 0 radical (unpaired) electrons. The Balaban J connectivity index is 1.60. The largest absolute Gasteiger partial charge is 0.370 e. The Morgan fingerprint density at radius 3 is 2.65 bits per heavy atom. The average molecular weight is 258 g/mol. The first-order valence-corrected chi connectivity index (χ1v) is 7.21. The number of halogens is 1. The van der Waals surface area contributed by atoms with Gasteiger partial charge in [-0.1, -0.05) is 0 Å². The molecule has 3 fully saturated rings. The molecule has 0 aromatic rings. The third-order valence-corrected chi connectivity index (χ3v) is 4.75. The van der Waals surface area contributed by atoms with E-state index in [-0.39, 0.29) is 12.2 Å². The van der Waals surface area contributed by atoms with E-state index in [2.05, 4.69) is 0 Å². The number of hydrogen-bond acceptors (Lipinski definition) is 2. The number of morpholine rings is 1. The molecule has 0 N–H and O–H groups in total. The van der Waals surface area contributed by atoms with Crippen molar-refractivity contribution < 1.29 is 9.53 Å². The van der Waals surface area contributed by atoms with Crippen molar-refractivity contribution in [3.63, 3.8) is 0 Å². The highest BCUT2D eigenvalue weighted by Gasteiger charge is 2.49. The van der Waals surface area contributed by atoms with Crippen molar-refractivity contribution in [1.82, 2.24) is 4.90 Å². The van der Waals surface area contributed by atoms with Crippen molar-refractivity contribution >= 4 is 17.5 Å². The van der Waals surface area contributed by atoms with Gasteiger partial charge in [0, 0.05) is 19.0 Å². The van der Waals surface area contributed by atoms with Crippen molar-refractivity contribution in [2.24, 2.45) is 17.8 Å². The van der Waals surface area contributed by atoms with E-state index in [4.69, 9.17) is 16.3 Å². The van der Waals surface area contributed by atoms with Gasteiger partial charge in [0.15, 0.2) is 0 Å². The summed E-state index contributed by atoms with van der Waals surface area (Å²) in [6.45, 7) is 3.43. The minimum Gasteiger partial charge on any atom is -0.370 e. The van der Waals surface area contributed by atoms with Crippen LogP contribution >= 0.6 is 11.6 Å². The van der Waals surface area contributed by atoms with Gasteiger partial charge in [0.05, 0.1) is 18.1 Å². The maximum atomic E-state index is 12.4. The van der Waals surface area contributed by atoms with Crippen LogP contribution in [-0.2, 0) is 9.53 Å². The summed E-state index contributed by atoms with van der Waals surface area (Å²) < 4.78 is 5.68. The number of fused-ring (bicyclic) bond motifs is 1. The van der Waals surface area contributed by atoms with Gasteiger partial charge in [-0.05, 0) is 38.0 Å². The molecule has 2 saturated carbocycles. The SMILES string of the molecule is CC1CN(C(=O)C2CC3CC3C2)CC(CCl)O1. The van der Waals surface area contributed by atoms with Gasteiger partial charge in [0.2, 0.25) is 5.91 Å². The molecule has 3 rings (SSSR count). The molecule has 96 valence electrons. The number of rotatable bonds is 2. The Labute approximate surface area is 107 Å². The number of hydrogen-bond donors (Lipinski definition) is 0. The summed E-state index contributed by atoms with van der Waals surface area (Å²) in [4.78, 5) is 14.4. The number of amides is 1. The van der Waals surface area contributed by atoms with Crippen LogP contribution < -0.4 is 0 Å². The van der Waals surface area contributed by atoms with Gasteiger partial charge < -0.3 is 9.64 Å². The quantitative estimate of drug-likeness (QED) is 0.707. The fraction of sp³-hybridized carbons (Fsp3) is 0.923. The Kier molecular flexibility index (Phi) is 3.07. The summed E-state index contributed by atoms with van der Waals surface area (Å²) in [5.41, 5.74) is 0. The molecule has 3 aliphatic rings. The van der Waals surface area contributed by atoms with Gasteiger partial charge in [-0.2, -0.15) is 0 Å². The van der Waals surface area contributed by atoms with Crippen LogP contribution in [0.2, 0.25) is 0 Å². The van der Waals surface area contributed by atoms with Crippen molar-refractivity contribution in [3.8, 4) is 0 Å². The first-order chi connectivity index (χ1) is 8.17. The third kappa shape index (κ3) is 2.32.